The van der Waals surface area contributed by atoms with Gasteiger partial charge in [-0.2, -0.15) is 0 Å². The molecule has 3 N–H and O–H groups in total. The number of nitrogens with zero attached hydrogens (tertiary/aromatic N) is 1. The van der Waals surface area contributed by atoms with Crippen molar-refractivity contribution in [3.05, 3.63) is 30.1 Å². The van der Waals surface area contributed by atoms with Gasteiger partial charge in [0.25, 0.3) is 0 Å². The summed E-state index contributed by atoms with van der Waals surface area (Å²) in [5, 5.41) is 2.74. The van der Waals surface area contributed by atoms with Gasteiger partial charge in [-0.15, -0.1) is 0 Å². The third-order valence-electron chi connectivity index (χ3n) is 1.75. The molecule has 0 aliphatic carbocycles. The zero-order valence-electron chi connectivity index (χ0n) is 7.53. The average Bonchev–Trinajstić information content (AvgIpc) is 2.19. The van der Waals surface area contributed by atoms with Crippen molar-refractivity contribution >= 4 is 5.91 Å². The summed E-state index contributed by atoms with van der Waals surface area (Å²) in [7, 11) is 0. The molecule has 4 heteroatoms. The Kier molecular flexibility index (Phi) is 3.40. The lowest BCUT2D eigenvalue weighted by Crippen LogP contribution is -2.32. The molecule has 0 fully saturated rings. The first kappa shape index (κ1) is 9.67. The van der Waals surface area contributed by atoms with E-state index in [4.69, 9.17) is 5.73 Å². The molecule has 1 amide bonds. The van der Waals surface area contributed by atoms with E-state index < -0.39 is 0 Å². The van der Waals surface area contributed by atoms with Gasteiger partial charge in [-0.1, -0.05) is 6.07 Å². The van der Waals surface area contributed by atoms with E-state index >= 15 is 0 Å². The van der Waals surface area contributed by atoms with Gasteiger partial charge in [0.2, 0.25) is 5.91 Å². The van der Waals surface area contributed by atoms with Crippen LogP contribution < -0.4 is 11.1 Å². The Morgan fingerprint density at radius 3 is 3.08 bits per heavy atom. The first-order chi connectivity index (χ1) is 6.24. The second-order valence-corrected chi connectivity index (χ2v) is 2.78. The van der Waals surface area contributed by atoms with Crippen molar-refractivity contribution in [3.8, 4) is 0 Å². The van der Waals surface area contributed by atoms with Crippen molar-refractivity contribution in [2.24, 2.45) is 5.73 Å². The summed E-state index contributed by atoms with van der Waals surface area (Å²) in [6.45, 7) is 1.91. The number of pyridine rings is 1. The predicted molar refractivity (Wildman–Crippen MR) is 49.8 cm³/mol. The van der Waals surface area contributed by atoms with Gasteiger partial charge in [-0.25, -0.2) is 0 Å². The summed E-state index contributed by atoms with van der Waals surface area (Å²) in [5.74, 6) is -0.156. The lowest BCUT2D eigenvalue weighted by Gasteiger charge is -2.12. The Labute approximate surface area is 77.2 Å². The topological polar surface area (TPSA) is 68.0 Å². The molecule has 0 saturated heterocycles. The molecule has 70 valence electrons. The summed E-state index contributed by atoms with van der Waals surface area (Å²) < 4.78 is 0. The van der Waals surface area contributed by atoms with E-state index in [-0.39, 0.29) is 18.5 Å². The zero-order valence-corrected chi connectivity index (χ0v) is 7.53. The van der Waals surface area contributed by atoms with Crippen molar-refractivity contribution in [3.63, 3.8) is 0 Å². The minimum Gasteiger partial charge on any atom is -0.348 e. The smallest absolute Gasteiger partial charge is 0.234 e. The number of nitrogens with one attached hydrogen (secondary N) is 1. The standard InChI is InChI=1S/C9H13N3O/c1-7(12-9(13)5-10)8-3-2-4-11-6-8/h2-4,6-7H,5,10H2,1H3,(H,12,13). The van der Waals surface area contributed by atoms with Crippen molar-refractivity contribution in [2.75, 3.05) is 6.54 Å². The van der Waals surface area contributed by atoms with Gasteiger partial charge >= 0.3 is 0 Å². The highest BCUT2D eigenvalue weighted by Gasteiger charge is 2.06. The Hall–Kier alpha value is -1.42. The number of hydrogen-bond acceptors (Lipinski definition) is 3. The summed E-state index contributed by atoms with van der Waals surface area (Å²) in [4.78, 5) is 14.9. The lowest BCUT2D eigenvalue weighted by molar-refractivity contribution is -0.120. The summed E-state index contributed by atoms with van der Waals surface area (Å²) in [6.07, 6.45) is 3.42. The van der Waals surface area contributed by atoms with E-state index in [0.29, 0.717) is 0 Å². The molecule has 1 unspecified atom stereocenters. The maximum absolute atomic E-state index is 10.9. The first-order valence-electron chi connectivity index (χ1n) is 4.13. The molecule has 0 radical (unpaired) electrons. The van der Waals surface area contributed by atoms with Gasteiger partial charge in [-0.05, 0) is 18.6 Å². The van der Waals surface area contributed by atoms with Crippen LogP contribution in [0.25, 0.3) is 0 Å². The van der Waals surface area contributed by atoms with E-state index in [1.54, 1.807) is 12.4 Å². The van der Waals surface area contributed by atoms with Crippen LogP contribution in [0.5, 0.6) is 0 Å². The van der Waals surface area contributed by atoms with Crippen molar-refractivity contribution in [1.82, 2.24) is 10.3 Å². The first-order valence-corrected chi connectivity index (χ1v) is 4.13. The van der Waals surface area contributed by atoms with E-state index in [1.807, 2.05) is 19.1 Å². The fourth-order valence-corrected chi connectivity index (χ4v) is 1.02. The van der Waals surface area contributed by atoms with Gasteiger partial charge < -0.3 is 11.1 Å². The van der Waals surface area contributed by atoms with Crippen molar-refractivity contribution < 1.29 is 4.79 Å². The van der Waals surface area contributed by atoms with Crippen LogP contribution in [0.3, 0.4) is 0 Å². The third kappa shape index (κ3) is 2.83. The van der Waals surface area contributed by atoms with E-state index in [0.717, 1.165) is 5.56 Å². The molecule has 0 aliphatic heterocycles. The number of aromatic nitrogens is 1. The minimum absolute atomic E-state index is 0.0185. The van der Waals surface area contributed by atoms with Crippen LogP contribution >= 0.6 is 0 Å². The fraction of sp³-hybridized carbons (Fsp3) is 0.333. The molecule has 0 aromatic carbocycles. The normalized spacial score (nSPS) is 12.2. The highest BCUT2D eigenvalue weighted by Crippen LogP contribution is 2.08. The highest BCUT2D eigenvalue weighted by molar-refractivity contribution is 5.78. The monoisotopic (exact) mass is 179 g/mol. The second-order valence-electron chi connectivity index (χ2n) is 2.78. The Morgan fingerprint density at radius 2 is 2.54 bits per heavy atom. The molecule has 1 aromatic rings. The second kappa shape index (κ2) is 4.57. The molecule has 0 saturated carbocycles. The molecule has 1 rings (SSSR count). The maximum atomic E-state index is 10.9. The van der Waals surface area contributed by atoms with E-state index in [2.05, 4.69) is 10.3 Å². The van der Waals surface area contributed by atoms with E-state index in [9.17, 15) is 4.79 Å². The molecule has 4 nitrogen and oxygen atoms in total. The van der Waals surface area contributed by atoms with E-state index in [1.165, 1.54) is 0 Å². The number of amides is 1. The molecular formula is C9H13N3O. The van der Waals surface area contributed by atoms with Crippen LogP contribution in [0.15, 0.2) is 24.5 Å². The molecule has 0 spiro atoms. The van der Waals surface area contributed by atoms with Crippen LogP contribution in [-0.2, 0) is 4.79 Å². The quantitative estimate of drug-likeness (QED) is 0.697. The van der Waals surface area contributed by atoms with Gasteiger partial charge in [0.1, 0.15) is 0 Å². The third-order valence-corrected chi connectivity index (χ3v) is 1.75. The number of carbonyl (C=O) groups is 1. The maximum Gasteiger partial charge on any atom is 0.234 e. The fourth-order valence-electron chi connectivity index (χ4n) is 1.02. The highest BCUT2D eigenvalue weighted by atomic mass is 16.1. The van der Waals surface area contributed by atoms with Gasteiger partial charge in [0.05, 0.1) is 12.6 Å². The average molecular weight is 179 g/mol. The molecule has 0 aliphatic rings. The van der Waals surface area contributed by atoms with Gasteiger partial charge in [-0.3, -0.25) is 9.78 Å². The number of carbonyl (C=O) groups excluding carboxylic acids is 1. The molecule has 0 bridgehead atoms. The molecule has 1 heterocycles. The zero-order chi connectivity index (χ0) is 9.68. The summed E-state index contributed by atoms with van der Waals surface area (Å²) in [5.41, 5.74) is 6.15. The van der Waals surface area contributed by atoms with Crippen molar-refractivity contribution in [2.45, 2.75) is 13.0 Å². The Morgan fingerprint density at radius 1 is 1.77 bits per heavy atom. The Balaban J connectivity index is 2.59. The number of rotatable bonds is 3. The molecular weight excluding hydrogens is 166 g/mol. The van der Waals surface area contributed by atoms with Crippen molar-refractivity contribution in [1.29, 1.82) is 0 Å². The van der Waals surface area contributed by atoms with Gasteiger partial charge in [0, 0.05) is 12.4 Å². The van der Waals surface area contributed by atoms with Gasteiger partial charge in [0.15, 0.2) is 0 Å². The minimum atomic E-state index is -0.156. The van der Waals surface area contributed by atoms with Crippen LogP contribution in [0.1, 0.15) is 18.5 Å². The van der Waals surface area contributed by atoms with Crippen LogP contribution in [0.2, 0.25) is 0 Å². The molecule has 13 heavy (non-hydrogen) atoms. The molecule has 1 aromatic heterocycles. The number of nitrogens with two attached hydrogens (primary N) is 1. The predicted octanol–water partition coefficient (Wildman–Crippen LogP) is 0.217. The largest absolute Gasteiger partial charge is 0.348 e. The SMILES string of the molecule is CC(NC(=O)CN)c1cccnc1. The van der Waals surface area contributed by atoms with Crippen LogP contribution in [-0.4, -0.2) is 17.4 Å². The van der Waals surface area contributed by atoms with Crippen LogP contribution in [0.4, 0.5) is 0 Å². The lowest BCUT2D eigenvalue weighted by atomic mass is 10.1. The molecule has 1 atom stereocenters. The summed E-state index contributed by atoms with van der Waals surface area (Å²) in [6, 6.07) is 3.71. The number of hydrogen-bond donors (Lipinski definition) is 2. The Bertz CT molecular complexity index is 273. The summed E-state index contributed by atoms with van der Waals surface area (Å²) >= 11 is 0. The van der Waals surface area contributed by atoms with Crippen LogP contribution in [0, 0.1) is 0 Å².